The van der Waals surface area contributed by atoms with Crippen LogP contribution in [0, 0.1) is 20.8 Å². The maximum atomic E-state index is 13.2. The van der Waals surface area contributed by atoms with Gasteiger partial charge >= 0.3 is 0 Å². The van der Waals surface area contributed by atoms with Crippen LogP contribution in [0.15, 0.2) is 60.0 Å². The highest BCUT2D eigenvalue weighted by molar-refractivity contribution is 6.05. The summed E-state index contributed by atoms with van der Waals surface area (Å²) in [6, 6.07) is 14.8. The molecular weight excluding hydrogens is 372 g/mol. The second kappa shape index (κ2) is 7.56. The molecule has 1 aromatic heterocycles. The zero-order valence-corrected chi connectivity index (χ0v) is 18.3. The smallest absolute Gasteiger partial charge is 0.268 e. The van der Waals surface area contributed by atoms with E-state index in [0.29, 0.717) is 12.1 Å². The molecule has 0 unspecified atom stereocenters. The van der Waals surface area contributed by atoms with Gasteiger partial charge in [0.15, 0.2) is 0 Å². The number of hydrogen-bond acceptors (Lipinski definition) is 3. The fourth-order valence-electron chi connectivity index (χ4n) is 3.96. The topological polar surface area (TPSA) is 50.5 Å². The summed E-state index contributed by atoms with van der Waals surface area (Å²) < 4.78 is 1.80. The Labute approximate surface area is 178 Å². The first-order valence-electron chi connectivity index (χ1n) is 10.3. The molecule has 0 bridgehead atoms. The van der Waals surface area contributed by atoms with Crippen molar-refractivity contribution in [1.82, 2.24) is 14.8 Å². The van der Waals surface area contributed by atoms with Gasteiger partial charge in [-0.2, -0.15) is 10.2 Å². The van der Waals surface area contributed by atoms with Crippen LogP contribution in [0.4, 0.5) is 0 Å². The van der Waals surface area contributed by atoms with Crippen LogP contribution >= 0.6 is 0 Å². The molecule has 154 valence electrons. The van der Waals surface area contributed by atoms with E-state index < -0.39 is 0 Å². The average Bonchev–Trinajstić information content (AvgIpc) is 3.26. The molecule has 0 saturated carbocycles. The largest absolute Gasteiger partial charge is 0.277 e. The molecule has 0 fully saturated rings. The van der Waals surface area contributed by atoms with Crippen LogP contribution in [0.5, 0.6) is 0 Å². The van der Waals surface area contributed by atoms with Crippen LogP contribution in [0.25, 0.3) is 0 Å². The van der Waals surface area contributed by atoms with Crippen molar-refractivity contribution in [2.45, 2.75) is 53.1 Å². The van der Waals surface area contributed by atoms with E-state index in [1.54, 1.807) is 15.9 Å². The Kier molecular flexibility index (Phi) is 5.06. The molecule has 1 aliphatic heterocycles. The van der Waals surface area contributed by atoms with Gasteiger partial charge in [-0.1, -0.05) is 59.2 Å². The van der Waals surface area contributed by atoms with Gasteiger partial charge in [-0.15, -0.1) is 0 Å². The molecule has 5 nitrogen and oxygen atoms in total. The molecule has 0 spiro atoms. The van der Waals surface area contributed by atoms with Crippen molar-refractivity contribution in [3.63, 3.8) is 0 Å². The van der Waals surface area contributed by atoms with Crippen LogP contribution in [-0.2, 0) is 6.54 Å². The van der Waals surface area contributed by atoms with Gasteiger partial charge in [-0.05, 0) is 45.7 Å². The minimum atomic E-state index is -0.386. The lowest BCUT2D eigenvalue weighted by Crippen LogP contribution is -2.40. The number of aryl methyl sites for hydroxylation is 3. The highest BCUT2D eigenvalue weighted by atomic mass is 16.2. The van der Waals surface area contributed by atoms with Crippen LogP contribution < -0.4 is 0 Å². The number of rotatable bonds is 4. The maximum absolute atomic E-state index is 13.2. The minimum Gasteiger partial charge on any atom is -0.268 e. The Hall–Kier alpha value is -3.21. The Morgan fingerprint density at radius 3 is 2.33 bits per heavy atom. The Morgan fingerprint density at radius 2 is 1.67 bits per heavy atom. The van der Waals surface area contributed by atoms with Crippen LogP contribution in [0.1, 0.15) is 58.4 Å². The first kappa shape index (κ1) is 20.1. The third-order valence-corrected chi connectivity index (χ3v) is 5.49. The van der Waals surface area contributed by atoms with E-state index in [4.69, 9.17) is 5.10 Å². The summed E-state index contributed by atoms with van der Waals surface area (Å²) in [6.45, 7) is 11.0. The number of carbonyl (C=O) groups is 1. The molecule has 1 aliphatic rings. The Morgan fingerprint density at radius 1 is 1.00 bits per heavy atom. The van der Waals surface area contributed by atoms with Crippen molar-refractivity contribution in [3.8, 4) is 0 Å². The second-order valence-electron chi connectivity index (χ2n) is 8.94. The molecule has 2 aromatic carbocycles. The first-order valence-corrected chi connectivity index (χ1v) is 10.3. The zero-order valence-electron chi connectivity index (χ0n) is 18.3. The molecule has 3 aromatic rings. The van der Waals surface area contributed by atoms with E-state index in [1.165, 1.54) is 16.7 Å². The first-order chi connectivity index (χ1) is 14.2. The van der Waals surface area contributed by atoms with E-state index in [9.17, 15) is 4.79 Å². The summed E-state index contributed by atoms with van der Waals surface area (Å²) >= 11 is 0. The Bertz CT molecular complexity index is 1100. The summed E-state index contributed by atoms with van der Waals surface area (Å²) in [4.78, 5) is 13.2. The summed E-state index contributed by atoms with van der Waals surface area (Å²) in [5.41, 5.74) is 6.99. The predicted octanol–water partition coefficient (Wildman–Crippen LogP) is 4.89. The lowest BCUT2D eigenvalue weighted by molar-refractivity contribution is 0.0612. The van der Waals surface area contributed by atoms with Gasteiger partial charge in [0, 0.05) is 12.6 Å². The summed E-state index contributed by atoms with van der Waals surface area (Å²) in [7, 11) is 0. The van der Waals surface area contributed by atoms with Gasteiger partial charge in [0.25, 0.3) is 5.91 Å². The van der Waals surface area contributed by atoms with Crippen LogP contribution in [-0.4, -0.2) is 31.9 Å². The standard InChI is InChI=1S/C25H28N4O/c1-17-6-8-20(9-7-17)15-28-16-22(14-26-28)24(30)29-25(4,5)13-23(27-29)21-11-18(2)10-19(3)12-21/h6-12,14,16H,13,15H2,1-5H3. The van der Waals surface area contributed by atoms with E-state index in [-0.39, 0.29) is 11.4 Å². The number of nitrogens with zero attached hydrogens (tertiary/aromatic N) is 4. The highest BCUT2D eigenvalue weighted by Crippen LogP contribution is 2.31. The SMILES string of the molecule is Cc1ccc(Cn2cc(C(=O)N3N=C(c4cc(C)cc(C)c4)CC3(C)C)cn2)cc1. The fraction of sp³-hybridized carbons (Fsp3) is 0.320. The Balaban J connectivity index is 1.57. The second-order valence-corrected chi connectivity index (χ2v) is 8.94. The number of carbonyl (C=O) groups excluding carboxylic acids is 1. The van der Waals surface area contributed by atoms with Crippen molar-refractivity contribution in [2.24, 2.45) is 5.10 Å². The van der Waals surface area contributed by atoms with Crippen molar-refractivity contribution in [2.75, 3.05) is 0 Å². The summed E-state index contributed by atoms with van der Waals surface area (Å²) in [6.07, 6.45) is 4.17. The lowest BCUT2D eigenvalue weighted by Gasteiger charge is -2.28. The van der Waals surface area contributed by atoms with E-state index in [2.05, 4.69) is 82.2 Å². The molecule has 0 radical (unpaired) electrons. The number of hydrogen-bond donors (Lipinski definition) is 0. The minimum absolute atomic E-state index is 0.116. The van der Waals surface area contributed by atoms with Crippen molar-refractivity contribution in [3.05, 3.63) is 88.2 Å². The number of hydrazone groups is 1. The molecule has 0 saturated heterocycles. The van der Waals surface area contributed by atoms with Crippen LogP contribution in [0.3, 0.4) is 0 Å². The number of amides is 1. The molecule has 30 heavy (non-hydrogen) atoms. The normalized spacial score (nSPS) is 15.4. The molecule has 1 amide bonds. The lowest BCUT2D eigenvalue weighted by atomic mass is 9.93. The van der Waals surface area contributed by atoms with Gasteiger partial charge in [0.1, 0.15) is 0 Å². The molecule has 5 heteroatoms. The molecule has 0 N–H and O–H groups in total. The van der Waals surface area contributed by atoms with Crippen molar-refractivity contribution >= 4 is 11.6 Å². The van der Waals surface area contributed by atoms with Crippen LogP contribution in [0.2, 0.25) is 0 Å². The third-order valence-electron chi connectivity index (χ3n) is 5.49. The van der Waals surface area contributed by atoms with Crippen molar-refractivity contribution < 1.29 is 4.79 Å². The van der Waals surface area contributed by atoms with Gasteiger partial charge in [0.05, 0.1) is 29.6 Å². The zero-order chi connectivity index (χ0) is 21.5. The van der Waals surface area contributed by atoms with Gasteiger partial charge in [-0.25, -0.2) is 5.01 Å². The van der Waals surface area contributed by atoms with Crippen molar-refractivity contribution in [1.29, 1.82) is 0 Å². The number of aromatic nitrogens is 2. The third kappa shape index (κ3) is 4.06. The highest BCUT2D eigenvalue weighted by Gasteiger charge is 2.39. The van der Waals surface area contributed by atoms with Gasteiger partial charge < -0.3 is 0 Å². The fourth-order valence-corrected chi connectivity index (χ4v) is 3.96. The molecule has 0 atom stereocenters. The van der Waals surface area contributed by atoms with Gasteiger partial charge in [0.2, 0.25) is 0 Å². The van der Waals surface area contributed by atoms with E-state index in [0.717, 1.165) is 23.3 Å². The van der Waals surface area contributed by atoms with Gasteiger partial charge in [-0.3, -0.25) is 9.48 Å². The maximum Gasteiger partial charge on any atom is 0.277 e. The average molecular weight is 401 g/mol. The molecular formula is C25H28N4O. The molecule has 4 rings (SSSR count). The van der Waals surface area contributed by atoms with E-state index in [1.807, 2.05) is 6.20 Å². The van der Waals surface area contributed by atoms with E-state index >= 15 is 0 Å². The molecule has 0 aliphatic carbocycles. The summed E-state index contributed by atoms with van der Waals surface area (Å²) in [5, 5.41) is 10.7. The quantitative estimate of drug-likeness (QED) is 0.626. The predicted molar refractivity (Wildman–Crippen MR) is 120 cm³/mol. The molecule has 2 heterocycles. The summed E-state index contributed by atoms with van der Waals surface area (Å²) in [5.74, 6) is -0.116. The number of benzene rings is 2. The monoisotopic (exact) mass is 400 g/mol.